The Hall–Kier alpha value is -3.35. The first kappa shape index (κ1) is 24.3. The van der Waals surface area contributed by atoms with E-state index in [0.717, 1.165) is 29.0 Å². The summed E-state index contributed by atoms with van der Waals surface area (Å²) in [5.74, 6) is -0.0470. The number of methoxy groups -OCH3 is 1. The Morgan fingerprint density at radius 1 is 1.08 bits per heavy atom. The molecule has 3 aromatic rings. The van der Waals surface area contributed by atoms with E-state index < -0.39 is 11.9 Å². The first-order chi connectivity index (χ1) is 17.4. The molecule has 184 valence electrons. The molecule has 5 rings (SSSR count). The summed E-state index contributed by atoms with van der Waals surface area (Å²) < 4.78 is 10.9. The van der Waals surface area contributed by atoms with Gasteiger partial charge in [0.25, 0.3) is 0 Å². The van der Waals surface area contributed by atoms with Gasteiger partial charge in [-0.2, -0.15) is 0 Å². The molecule has 2 aromatic carbocycles. The fraction of sp³-hybridized carbons (Fsp3) is 0.241. The molecule has 5 nitrogen and oxygen atoms in total. The van der Waals surface area contributed by atoms with Gasteiger partial charge in [-0.25, -0.2) is 4.79 Å². The van der Waals surface area contributed by atoms with Crippen molar-refractivity contribution in [2.75, 3.05) is 7.11 Å². The molecule has 0 amide bonds. The lowest BCUT2D eigenvalue weighted by Gasteiger charge is -2.36. The minimum absolute atomic E-state index is 0.0510. The molecule has 7 heteroatoms. The van der Waals surface area contributed by atoms with Crippen LogP contribution in [0.2, 0.25) is 5.02 Å². The van der Waals surface area contributed by atoms with Crippen LogP contribution in [0.15, 0.2) is 88.6 Å². The van der Waals surface area contributed by atoms with Crippen LogP contribution in [0.5, 0.6) is 5.75 Å². The van der Waals surface area contributed by atoms with Gasteiger partial charge in [-0.1, -0.05) is 41.9 Å². The van der Waals surface area contributed by atoms with E-state index in [-0.39, 0.29) is 18.3 Å². The molecule has 0 spiro atoms. The predicted octanol–water partition coefficient (Wildman–Crippen LogP) is 6.52. The average molecular weight is 520 g/mol. The summed E-state index contributed by atoms with van der Waals surface area (Å²) in [4.78, 5) is 28.3. The highest BCUT2D eigenvalue weighted by Gasteiger charge is 2.41. The highest BCUT2D eigenvalue weighted by Crippen LogP contribution is 2.46. The Morgan fingerprint density at radius 3 is 2.50 bits per heavy atom. The van der Waals surface area contributed by atoms with Crippen LogP contribution in [-0.4, -0.2) is 18.9 Å². The fourth-order valence-electron chi connectivity index (χ4n) is 4.97. The number of rotatable bonds is 6. The number of benzene rings is 2. The minimum atomic E-state index is -0.515. The molecular formula is C29H26ClNO4S. The molecule has 1 aliphatic carbocycles. The van der Waals surface area contributed by atoms with Crippen molar-refractivity contribution in [2.45, 2.75) is 38.2 Å². The van der Waals surface area contributed by atoms with Gasteiger partial charge in [0.1, 0.15) is 12.4 Å². The minimum Gasteiger partial charge on any atom is -0.497 e. The predicted molar refractivity (Wildman–Crippen MR) is 141 cm³/mol. The third kappa shape index (κ3) is 4.84. The normalized spacial score (nSPS) is 19.6. The molecule has 2 atom stereocenters. The second-order valence-electron chi connectivity index (χ2n) is 9.01. The van der Waals surface area contributed by atoms with Gasteiger partial charge in [0, 0.05) is 45.1 Å². The zero-order chi connectivity index (χ0) is 25.2. The van der Waals surface area contributed by atoms with Crippen molar-refractivity contribution < 1.29 is 19.1 Å². The topological polar surface area (TPSA) is 64.6 Å². The van der Waals surface area contributed by atoms with E-state index in [9.17, 15) is 9.59 Å². The Kier molecular flexibility index (Phi) is 6.99. The molecule has 0 unspecified atom stereocenters. The Labute approximate surface area is 219 Å². The molecule has 0 saturated heterocycles. The van der Waals surface area contributed by atoms with Crippen molar-refractivity contribution in [3.63, 3.8) is 0 Å². The number of dihydropyridines is 1. The first-order valence-electron chi connectivity index (χ1n) is 11.8. The van der Waals surface area contributed by atoms with Crippen LogP contribution >= 0.6 is 22.9 Å². The van der Waals surface area contributed by atoms with E-state index in [1.165, 1.54) is 4.88 Å². The molecule has 0 bridgehead atoms. The van der Waals surface area contributed by atoms with E-state index in [2.05, 4.69) is 11.4 Å². The van der Waals surface area contributed by atoms with Gasteiger partial charge in [-0.15, -0.1) is 11.3 Å². The van der Waals surface area contributed by atoms with Crippen LogP contribution in [0.25, 0.3) is 0 Å². The van der Waals surface area contributed by atoms with E-state index in [4.69, 9.17) is 21.1 Å². The SMILES string of the molecule is COc1ccc(COC(=O)C2=C(C)NC3=C(C(=O)C[C@H](c4cccs4)C3)[C@H]2c2ccc(Cl)cc2)cc1. The van der Waals surface area contributed by atoms with Crippen molar-refractivity contribution in [3.05, 3.63) is 110 Å². The molecule has 2 heterocycles. The number of hydrogen-bond acceptors (Lipinski definition) is 6. The zero-order valence-electron chi connectivity index (χ0n) is 20.0. The number of Topliss-reactive ketones (excluding diaryl/α,β-unsaturated/α-hetero) is 1. The van der Waals surface area contributed by atoms with Gasteiger partial charge in [-0.3, -0.25) is 4.79 Å². The number of esters is 1. The van der Waals surface area contributed by atoms with Crippen molar-refractivity contribution in [3.8, 4) is 5.75 Å². The van der Waals surface area contributed by atoms with Crippen LogP contribution in [0.3, 0.4) is 0 Å². The largest absolute Gasteiger partial charge is 0.497 e. The Morgan fingerprint density at radius 2 is 1.83 bits per heavy atom. The summed E-state index contributed by atoms with van der Waals surface area (Å²) in [7, 11) is 1.61. The third-order valence-corrected chi connectivity index (χ3v) is 8.01. The number of thiophene rings is 1. The van der Waals surface area contributed by atoms with Crippen molar-refractivity contribution in [1.29, 1.82) is 0 Å². The summed E-state index contributed by atoms with van der Waals surface area (Å²) in [6, 6.07) is 18.8. The second-order valence-corrected chi connectivity index (χ2v) is 10.4. The molecule has 1 aromatic heterocycles. The van der Waals surface area contributed by atoms with Crippen LogP contribution < -0.4 is 10.1 Å². The molecule has 0 saturated carbocycles. The molecule has 0 fully saturated rings. The van der Waals surface area contributed by atoms with E-state index in [0.29, 0.717) is 28.3 Å². The summed E-state index contributed by atoms with van der Waals surface area (Å²) in [6.07, 6.45) is 1.13. The third-order valence-electron chi connectivity index (χ3n) is 6.73. The highest BCUT2D eigenvalue weighted by molar-refractivity contribution is 7.10. The fourth-order valence-corrected chi connectivity index (χ4v) is 5.93. The first-order valence-corrected chi connectivity index (χ1v) is 13.0. The standard InChI is InChI=1S/C29H26ClNO4S/c1-17-26(29(33)35-16-18-5-11-22(34-2)12-6-18)27(19-7-9-21(30)10-8-19)28-23(31-17)14-20(15-24(28)32)25-4-3-13-36-25/h3-13,20,27,31H,14-16H2,1-2H3/t20-,27+/m1/s1. The van der Waals surface area contributed by atoms with Gasteiger partial charge in [0.15, 0.2) is 5.78 Å². The number of carbonyl (C=O) groups excluding carboxylic acids is 2. The van der Waals surface area contributed by atoms with Crippen molar-refractivity contribution >= 4 is 34.7 Å². The molecule has 1 N–H and O–H groups in total. The average Bonchev–Trinajstić information content (AvgIpc) is 3.42. The lowest BCUT2D eigenvalue weighted by Crippen LogP contribution is -2.36. The molecular weight excluding hydrogens is 494 g/mol. The number of nitrogens with one attached hydrogen (secondary N) is 1. The lowest BCUT2D eigenvalue weighted by molar-refractivity contribution is -0.140. The van der Waals surface area contributed by atoms with E-state index >= 15 is 0 Å². The number of carbonyl (C=O) groups is 2. The molecule has 1 aliphatic heterocycles. The maximum atomic E-state index is 13.6. The highest BCUT2D eigenvalue weighted by atomic mass is 35.5. The summed E-state index contributed by atoms with van der Waals surface area (Å²) in [5.41, 5.74) is 4.37. The lowest BCUT2D eigenvalue weighted by atomic mass is 9.72. The van der Waals surface area contributed by atoms with E-state index in [1.54, 1.807) is 30.6 Å². The van der Waals surface area contributed by atoms with Crippen LogP contribution in [0, 0.1) is 0 Å². The summed E-state index contributed by atoms with van der Waals surface area (Å²) in [6.45, 7) is 1.99. The van der Waals surface area contributed by atoms with Gasteiger partial charge in [0.2, 0.25) is 0 Å². The Bertz CT molecular complexity index is 1340. The summed E-state index contributed by atoms with van der Waals surface area (Å²) >= 11 is 7.83. The maximum Gasteiger partial charge on any atom is 0.337 e. The molecule has 0 radical (unpaired) electrons. The number of ether oxygens (including phenoxy) is 2. The van der Waals surface area contributed by atoms with Gasteiger partial charge < -0.3 is 14.8 Å². The molecule has 2 aliphatic rings. The zero-order valence-corrected chi connectivity index (χ0v) is 21.6. The van der Waals surface area contributed by atoms with E-state index in [1.807, 2.05) is 54.8 Å². The molecule has 36 heavy (non-hydrogen) atoms. The summed E-state index contributed by atoms with van der Waals surface area (Å²) in [5, 5.41) is 6.03. The van der Waals surface area contributed by atoms with Gasteiger partial charge >= 0.3 is 5.97 Å². The monoisotopic (exact) mass is 519 g/mol. The maximum absolute atomic E-state index is 13.6. The number of ketones is 1. The number of allylic oxidation sites excluding steroid dienone is 3. The number of hydrogen-bond donors (Lipinski definition) is 1. The van der Waals surface area contributed by atoms with Crippen LogP contribution in [-0.2, 0) is 20.9 Å². The van der Waals surface area contributed by atoms with Crippen LogP contribution in [0.4, 0.5) is 0 Å². The van der Waals surface area contributed by atoms with Gasteiger partial charge in [0.05, 0.1) is 12.7 Å². The van der Waals surface area contributed by atoms with Gasteiger partial charge in [-0.05, 0) is 60.2 Å². The second kappa shape index (κ2) is 10.3. The quantitative estimate of drug-likeness (QED) is 0.376. The van der Waals surface area contributed by atoms with Crippen LogP contribution in [0.1, 0.15) is 47.6 Å². The van der Waals surface area contributed by atoms with Crippen molar-refractivity contribution in [1.82, 2.24) is 5.32 Å². The number of halogens is 1. The van der Waals surface area contributed by atoms with Crippen molar-refractivity contribution in [2.24, 2.45) is 0 Å². The smallest absolute Gasteiger partial charge is 0.337 e. The Balaban J connectivity index is 1.47.